The molecule has 5 nitrogen and oxygen atoms in total. The second-order valence-electron chi connectivity index (χ2n) is 7.79. The molecule has 0 bridgehead atoms. The van der Waals surface area contributed by atoms with Crippen molar-refractivity contribution >= 4 is 22.7 Å². The molecular formula is C26H26F3NO4. The third kappa shape index (κ3) is 8.19. The van der Waals surface area contributed by atoms with Gasteiger partial charge < -0.3 is 14.8 Å². The van der Waals surface area contributed by atoms with Crippen LogP contribution in [0.25, 0.3) is 10.8 Å². The molecule has 8 heteroatoms. The fraction of sp³-hybridized carbons (Fsp3) is 0.308. The molecule has 0 atom stereocenters. The number of aryl methyl sites for hydroxylation is 1. The Hall–Kier alpha value is -3.39. The van der Waals surface area contributed by atoms with Crippen molar-refractivity contribution in [1.29, 1.82) is 0 Å². The number of carbonyl (C=O) groups excluding carboxylic acids is 2. The van der Waals surface area contributed by atoms with E-state index in [9.17, 15) is 22.8 Å². The van der Waals surface area contributed by atoms with Crippen molar-refractivity contribution < 1.29 is 32.2 Å². The first-order valence-corrected chi connectivity index (χ1v) is 11.0. The summed E-state index contributed by atoms with van der Waals surface area (Å²) in [6.07, 6.45) is -3.09. The van der Waals surface area contributed by atoms with Gasteiger partial charge in [0.05, 0.1) is 13.0 Å². The highest BCUT2D eigenvalue weighted by Gasteiger charge is 2.42. The summed E-state index contributed by atoms with van der Waals surface area (Å²) in [6.45, 7) is 1.29. The molecule has 0 saturated carbocycles. The molecule has 3 aromatic rings. The van der Waals surface area contributed by atoms with Crippen molar-refractivity contribution in [3.05, 3.63) is 77.9 Å². The van der Waals surface area contributed by atoms with Gasteiger partial charge in [0.1, 0.15) is 5.75 Å². The predicted octanol–water partition coefficient (Wildman–Crippen LogP) is 5.01. The van der Waals surface area contributed by atoms with E-state index in [1.165, 1.54) is 16.3 Å². The maximum Gasteiger partial charge on any atom is 0.491 e. The Morgan fingerprint density at radius 1 is 0.824 bits per heavy atom. The van der Waals surface area contributed by atoms with E-state index in [0.29, 0.717) is 13.2 Å². The molecule has 0 aliphatic rings. The Kier molecular flexibility index (Phi) is 9.04. The summed E-state index contributed by atoms with van der Waals surface area (Å²) in [5, 5.41) is 5.38. The maximum atomic E-state index is 12.0. The highest BCUT2D eigenvalue weighted by Crippen LogP contribution is 2.18. The number of nitrogens with one attached hydrogen (secondary N) is 1. The van der Waals surface area contributed by atoms with Gasteiger partial charge in [-0.05, 0) is 53.4 Å². The van der Waals surface area contributed by atoms with Gasteiger partial charge in [0.15, 0.2) is 0 Å². The van der Waals surface area contributed by atoms with Crippen LogP contribution in [0.1, 0.15) is 24.0 Å². The fourth-order valence-corrected chi connectivity index (χ4v) is 3.38. The zero-order chi connectivity index (χ0) is 24.4. The van der Waals surface area contributed by atoms with Crippen LogP contribution in [-0.2, 0) is 27.2 Å². The first-order valence-electron chi connectivity index (χ1n) is 11.0. The molecule has 3 rings (SSSR count). The minimum Gasteiger partial charge on any atom is -0.493 e. The third-order valence-electron chi connectivity index (χ3n) is 5.16. The van der Waals surface area contributed by atoms with Gasteiger partial charge in [-0.2, -0.15) is 13.2 Å². The smallest absolute Gasteiger partial charge is 0.491 e. The van der Waals surface area contributed by atoms with Crippen LogP contribution < -0.4 is 10.1 Å². The van der Waals surface area contributed by atoms with E-state index in [2.05, 4.69) is 40.4 Å². The Labute approximate surface area is 195 Å². The molecule has 0 heterocycles. The van der Waals surface area contributed by atoms with Gasteiger partial charge in [-0.3, -0.25) is 4.79 Å². The molecule has 0 aromatic heterocycles. The predicted molar refractivity (Wildman–Crippen MR) is 123 cm³/mol. The van der Waals surface area contributed by atoms with E-state index in [1.54, 1.807) is 0 Å². The number of carbonyl (C=O) groups is 2. The van der Waals surface area contributed by atoms with Crippen molar-refractivity contribution in [2.75, 3.05) is 19.7 Å². The summed E-state index contributed by atoms with van der Waals surface area (Å²) in [7, 11) is 0. The maximum absolute atomic E-state index is 12.0. The number of fused-ring (bicyclic) bond motifs is 1. The summed E-state index contributed by atoms with van der Waals surface area (Å²) in [5.41, 5.74) is 2.35. The molecule has 34 heavy (non-hydrogen) atoms. The third-order valence-corrected chi connectivity index (χ3v) is 5.16. The van der Waals surface area contributed by atoms with Crippen LogP contribution in [0, 0.1) is 0 Å². The second kappa shape index (κ2) is 12.2. The first kappa shape index (κ1) is 25.2. The fourth-order valence-electron chi connectivity index (χ4n) is 3.38. The van der Waals surface area contributed by atoms with Gasteiger partial charge in [0.25, 0.3) is 0 Å². The van der Waals surface area contributed by atoms with Crippen LogP contribution in [0.2, 0.25) is 0 Å². The van der Waals surface area contributed by atoms with Crippen molar-refractivity contribution in [2.45, 2.75) is 31.9 Å². The zero-order valence-corrected chi connectivity index (χ0v) is 18.6. The van der Waals surface area contributed by atoms with Crippen LogP contribution in [0.3, 0.4) is 0 Å². The number of esters is 2. The second-order valence-corrected chi connectivity index (χ2v) is 7.79. The molecule has 3 aromatic carbocycles. The summed E-state index contributed by atoms with van der Waals surface area (Å²) >= 11 is 0. The molecule has 0 aliphatic carbocycles. The van der Waals surface area contributed by atoms with E-state index in [-0.39, 0.29) is 13.0 Å². The molecule has 0 spiro atoms. The van der Waals surface area contributed by atoms with E-state index >= 15 is 0 Å². The normalized spacial score (nSPS) is 11.4. The molecule has 1 N–H and O–H groups in total. The van der Waals surface area contributed by atoms with E-state index < -0.39 is 18.1 Å². The standard InChI is InChI=1S/C26H26F3NO4/c27-26(28,29)25(32)34-24(31)13-16-30-15-3-4-19-8-11-23(12-9-19)33-17-14-20-7-10-21-5-1-2-6-22(21)18-20/h1-2,5-12,18,30H,3-4,13-17H2. The lowest BCUT2D eigenvalue weighted by atomic mass is 10.1. The number of benzene rings is 3. The van der Waals surface area contributed by atoms with E-state index in [0.717, 1.165) is 30.6 Å². The van der Waals surface area contributed by atoms with Crippen molar-refractivity contribution in [2.24, 2.45) is 0 Å². The van der Waals surface area contributed by atoms with E-state index in [4.69, 9.17) is 4.74 Å². The molecule has 0 unspecified atom stereocenters. The number of rotatable bonds is 11. The van der Waals surface area contributed by atoms with Crippen LogP contribution in [0.4, 0.5) is 13.2 Å². The molecule has 0 amide bonds. The van der Waals surface area contributed by atoms with Gasteiger partial charge in [0.2, 0.25) is 0 Å². The van der Waals surface area contributed by atoms with Gasteiger partial charge in [0, 0.05) is 13.0 Å². The van der Waals surface area contributed by atoms with Crippen LogP contribution >= 0.6 is 0 Å². The Morgan fingerprint density at radius 3 is 2.26 bits per heavy atom. The molecule has 0 radical (unpaired) electrons. The molecule has 0 saturated heterocycles. The first-order chi connectivity index (χ1) is 16.3. The molecule has 0 fully saturated rings. The van der Waals surface area contributed by atoms with Gasteiger partial charge in [-0.15, -0.1) is 0 Å². The molecule has 0 aliphatic heterocycles. The lowest BCUT2D eigenvalue weighted by molar-refractivity contribution is -0.201. The lowest BCUT2D eigenvalue weighted by Gasteiger charge is -2.09. The quantitative estimate of drug-likeness (QED) is 0.241. The highest BCUT2D eigenvalue weighted by molar-refractivity contribution is 5.88. The summed E-state index contributed by atoms with van der Waals surface area (Å²) in [6, 6.07) is 22.5. The lowest BCUT2D eigenvalue weighted by Crippen LogP contribution is -2.29. The monoisotopic (exact) mass is 473 g/mol. The van der Waals surface area contributed by atoms with Crippen LogP contribution in [-0.4, -0.2) is 37.8 Å². The Balaban J connectivity index is 1.29. The van der Waals surface area contributed by atoms with Crippen LogP contribution in [0.15, 0.2) is 66.7 Å². The number of hydrogen-bond acceptors (Lipinski definition) is 5. The van der Waals surface area contributed by atoms with Gasteiger partial charge in [-0.25, -0.2) is 4.79 Å². The largest absolute Gasteiger partial charge is 0.493 e. The minimum atomic E-state index is -5.17. The average molecular weight is 473 g/mol. The topological polar surface area (TPSA) is 64.6 Å². The number of alkyl halides is 3. The van der Waals surface area contributed by atoms with Crippen LogP contribution in [0.5, 0.6) is 5.75 Å². The summed E-state index contributed by atoms with van der Waals surface area (Å²) < 4.78 is 45.6. The van der Waals surface area contributed by atoms with Crippen molar-refractivity contribution in [3.63, 3.8) is 0 Å². The number of halogens is 3. The Bertz CT molecular complexity index is 1100. The SMILES string of the molecule is O=C(CCNCCCc1ccc(OCCc2ccc3ccccc3c2)cc1)OC(=O)C(F)(F)F. The van der Waals surface area contributed by atoms with Gasteiger partial charge in [-0.1, -0.05) is 54.6 Å². The molecule has 180 valence electrons. The Morgan fingerprint density at radius 2 is 1.53 bits per heavy atom. The number of hydrogen-bond donors (Lipinski definition) is 1. The zero-order valence-electron chi connectivity index (χ0n) is 18.6. The average Bonchev–Trinajstić information content (AvgIpc) is 2.81. The minimum absolute atomic E-state index is 0.133. The van der Waals surface area contributed by atoms with Crippen molar-refractivity contribution in [1.82, 2.24) is 5.32 Å². The highest BCUT2D eigenvalue weighted by atomic mass is 19.4. The summed E-state index contributed by atoms with van der Waals surface area (Å²) in [4.78, 5) is 21.8. The molecular weight excluding hydrogens is 447 g/mol. The van der Waals surface area contributed by atoms with Crippen molar-refractivity contribution in [3.8, 4) is 5.75 Å². The number of ether oxygens (including phenoxy) is 2. The summed E-state index contributed by atoms with van der Waals surface area (Å²) in [5.74, 6) is -2.89. The van der Waals surface area contributed by atoms with E-state index in [1.807, 2.05) is 36.4 Å². The van der Waals surface area contributed by atoms with Gasteiger partial charge >= 0.3 is 18.1 Å².